The fraction of sp³-hybridized carbons (Fsp3) is 0.417. The van der Waals surface area contributed by atoms with E-state index in [0.29, 0.717) is 18.9 Å². The van der Waals surface area contributed by atoms with Crippen molar-refractivity contribution < 1.29 is 19.4 Å². The van der Waals surface area contributed by atoms with Gasteiger partial charge < -0.3 is 19.9 Å². The lowest BCUT2D eigenvalue weighted by atomic mass is 10.2. The predicted molar refractivity (Wildman–Crippen MR) is 63.2 cm³/mol. The minimum atomic E-state index is -0.979. The molecule has 0 fully saturated rings. The normalized spacial score (nSPS) is 10.2. The number of methoxy groups -OCH3 is 1. The molecule has 0 atom stereocenters. The smallest absolute Gasteiger partial charge is 0.341 e. The molecule has 1 aromatic carbocycles. The summed E-state index contributed by atoms with van der Waals surface area (Å²) in [4.78, 5) is 10.4. The minimum Gasteiger partial charge on any atom is -0.482 e. The molecule has 1 rings (SSSR count). The molecule has 5 nitrogen and oxygen atoms in total. The second kappa shape index (κ2) is 7.65. The standard InChI is InChI=1S/C12H17NO4/c1-16-7-6-13-8-10-4-2-3-5-11(10)17-9-12(14)15/h2-5,13H,6-9H2,1H3,(H,14,15). The van der Waals surface area contributed by atoms with Crippen molar-refractivity contribution in [2.45, 2.75) is 6.54 Å². The van der Waals surface area contributed by atoms with E-state index in [1.807, 2.05) is 18.2 Å². The summed E-state index contributed by atoms with van der Waals surface area (Å²) in [5.74, 6) is -0.382. The van der Waals surface area contributed by atoms with E-state index in [0.717, 1.165) is 12.1 Å². The highest BCUT2D eigenvalue weighted by Gasteiger charge is 2.04. The highest BCUT2D eigenvalue weighted by atomic mass is 16.5. The van der Waals surface area contributed by atoms with Crippen LogP contribution in [0.15, 0.2) is 24.3 Å². The molecule has 1 aromatic rings. The molecule has 0 spiro atoms. The Labute approximate surface area is 100 Å². The van der Waals surface area contributed by atoms with Crippen LogP contribution in [0.25, 0.3) is 0 Å². The maximum absolute atomic E-state index is 10.4. The van der Waals surface area contributed by atoms with Gasteiger partial charge in [0.1, 0.15) is 5.75 Å². The molecular formula is C12H17NO4. The molecule has 0 unspecified atom stereocenters. The third kappa shape index (κ3) is 5.33. The van der Waals surface area contributed by atoms with E-state index in [-0.39, 0.29) is 6.61 Å². The Morgan fingerprint density at radius 2 is 2.18 bits per heavy atom. The number of ether oxygens (including phenoxy) is 2. The van der Waals surface area contributed by atoms with Crippen LogP contribution in [-0.4, -0.2) is 37.9 Å². The Morgan fingerprint density at radius 3 is 2.88 bits per heavy atom. The average Bonchev–Trinajstić information content (AvgIpc) is 2.33. The molecule has 0 aliphatic carbocycles. The van der Waals surface area contributed by atoms with E-state index in [2.05, 4.69) is 5.32 Å². The summed E-state index contributed by atoms with van der Waals surface area (Å²) in [5, 5.41) is 11.7. The van der Waals surface area contributed by atoms with E-state index in [1.54, 1.807) is 13.2 Å². The number of para-hydroxylation sites is 1. The highest BCUT2D eigenvalue weighted by Crippen LogP contribution is 2.17. The van der Waals surface area contributed by atoms with Crippen LogP contribution in [0.5, 0.6) is 5.75 Å². The lowest BCUT2D eigenvalue weighted by Crippen LogP contribution is -2.19. The van der Waals surface area contributed by atoms with Crippen LogP contribution in [-0.2, 0) is 16.1 Å². The summed E-state index contributed by atoms with van der Waals surface area (Å²) in [6.07, 6.45) is 0. The molecule has 0 aliphatic rings. The zero-order chi connectivity index (χ0) is 12.5. The van der Waals surface area contributed by atoms with Gasteiger partial charge in [-0.15, -0.1) is 0 Å². The SMILES string of the molecule is COCCNCc1ccccc1OCC(=O)O. The third-order valence-electron chi connectivity index (χ3n) is 2.12. The van der Waals surface area contributed by atoms with Gasteiger partial charge in [-0.3, -0.25) is 0 Å². The fourth-order valence-corrected chi connectivity index (χ4v) is 1.33. The molecule has 0 heterocycles. The first-order chi connectivity index (χ1) is 8.24. The van der Waals surface area contributed by atoms with Gasteiger partial charge in [-0.05, 0) is 6.07 Å². The fourth-order valence-electron chi connectivity index (χ4n) is 1.33. The van der Waals surface area contributed by atoms with Crippen molar-refractivity contribution in [1.29, 1.82) is 0 Å². The van der Waals surface area contributed by atoms with Crippen molar-refractivity contribution in [3.8, 4) is 5.75 Å². The molecule has 0 saturated carbocycles. The average molecular weight is 239 g/mol. The topological polar surface area (TPSA) is 67.8 Å². The number of rotatable bonds is 8. The number of aliphatic carboxylic acids is 1. The Hall–Kier alpha value is -1.59. The van der Waals surface area contributed by atoms with Gasteiger partial charge >= 0.3 is 5.97 Å². The third-order valence-corrected chi connectivity index (χ3v) is 2.12. The van der Waals surface area contributed by atoms with Crippen LogP contribution in [0.2, 0.25) is 0 Å². The van der Waals surface area contributed by atoms with Gasteiger partial charge in [-0.25, -0.2) is 4.79 Å². The monoisotopic (exact) mass is 239 g/mol. The van der Waals surface area contributed by atoms with Gasteiger partial charge in [-0.1, -0.05) is 18.2 Å². The quantitative estimate of drug-likeness (QED) is 0.659. The summed E-state index contributed by atoms with van der Waals surface area (Å²) in [7, 11) is 1.64. The highest BCUT2D eigenvalue weighted by molar-refractivity contribution is 5.68. The van der Waals surface area contributed by atoms with E-state index < -0.39 is 5.97 Å². The van der Waals surface area contributed by atoms with Gasteiger partial charge in [-0.2, -0.15) is 0 Å². The van der Waals surface area contributed by atoms with Crippen LogP contribution in [0.3, 0.4) is 0 Å². The predicted octanol–water partition coefficient (Wildman–Crippen LogP) is 0.886. The Morgan fingerprint density at radius 1 is 1.41 bits per heavy atom. The first kappa shape index (κ1) is 13.5. The van der Waals surface area contributed by atoms with Crippen LogP contribution in [0.1, 0.15) is 5.56 Å². The van der Waals surface area contributed by atoms with Gasteiger partial charge in [0.05, 0.1) is 6.61 Å². The molecule has 2 N–H and O–H groups in total. The number of carbonyl (C=O) groups is 1. The van der Waals surface area contributed by atoms with E-state index in [1.165, 1.54) is 0 Å². The minimum absolute atomic E-state index is 0.324. The zero-order valence-corrected chi connectivity index (χ0v) is 9.81. The lowest BCUT2D eigenvalue weighted by Gasteiger charge is -2.10. The second-order valence-corrected chi connectivity index (χ2v) is 3.46. The molecule has 0 aliphatic heterocycles. The number of carboxylic acids is 1. The summed E-state index contributed by atoms with van der Waals surface area (Å²) < 4.78 is 10.1. The molecule has 0 radical (unpaired) electrons. The largest absolute Gasteiger partial charge is 0.482 e. The first-order valence-electron chi connectivity index (χ1n) is 5.36. The van der Waals surface area contributed by atoms with E-state index in [4.69, 9.17) is 14.6 Å². The van der Waals surface area contributed by atoms with Crippen LogP contribution in [0, 0.1) is 0 Å². The molecule has 0 amide bonds. The maximum atomic E-state index is 10.4. The summed E-state index contributed by atoms with van der Waals surface area (Å²) in [6, 6.07) is 7.37. The molecule has 0 aromatic heterocycles. The number of carboxylic acid groups (broad SMARTS) is 1. The Kier molecular flexibility index (Phi) is 6.06. The van der Waals surface area contributed by atoms with Crippen molar-refractivity contribution in [2.24, 2.45) is 0 Å². The van der Waals surface area contributed by atoms with Gasteiger partial charge in [0.25, 0.3) is 0 Å². The van der Waals surface area contributed by atoms with E-state index in [9.17, 15) is 4.79 Å². The molecule has 94 valence electrons. The van der Waals surface area contributed by atoms with Crippen molar-refractivity contribution in [1.82, 2.24) is 5.32 Å². The van der Waals surface area contributed by atoms with Crippen LogP contribution in [0.4, 0.5) is 0 Å². The van der Waals surface area contributed by atoms with Gasteiger partial charge in [0.2, 0.25) is 0 Å². The number of hydrogen-bond acceptors (Lipinski definition) is 4. The summed E-state index contributed by atoms with van der Waals surface area (Å²) >= 11 is 0. The number of benzene rings is 1. The van der Waals surface area contributed by atoms with Crippen molar-refractivity contribution in [3.05, 3.63) is 29.8 Å². The van der Waals surface area contributed by atoms with Crippen molar-refractivity contribution >= 4 is 5.97 Å². The van der Waals surface area contributed by atoms with Crippen LogP contribution < -0.4 is 10.1 Å². The Bertz CT molecular complexity index is 354. The van der Waals surface area contributed by atoms with Crippen molar-refractivity contribution in [3.63, 3.8) is 0 Å². The number of nitrogens with one attached hydrogen (secondary N) is 1. The Balaban J connectivity index is 2.48. The lowest BCUT2D eigenvalue weighted by molar-refractivity contribution is -0.139. The molecule has 0 saturated heterocycles. The molecular weight excluding hydrogens is 222 g/mol. The maximum Gasteiger partial charge on any atom is 0.341 e. The summed E-state index contributed by atoms with van der Waals surface area (Å²) in [6.45, 7) is 1.68. The number of hydrogen-bond donors (Lipinski definition) is 2. The zero-order valence-electron chi connectivity index (χ0n) is 9.81. The molecule has 0 bridgehead atoms. The molecule has 5 heteroatoms. The van der Waals surface area contributed by atoms with Crippen molar-refractivity contribution in [2.75, 3.05) is 26.9 Å². The van der Waals surface area contributed by atoms with Crippen LogP contribution >= 0.6 is 0 Å². The first-order valence-corrected chi connectivity index (χ1v) is 5.36. The summed E-state index contributed by atoms with van der Waals surface area (Å²) in [5.41, 5.74) is 0.935. The molecule has 17 heavy (non-hydrogen) atoms. The van der Waals surface area contributed by atoms with E-state index >= 15 is 0 Å². The van der Waals surface area contributed by atoms with Gasteiger partial charge in [0, 0.05) is 25.8 Å². The van der Waals surface area contributed by atoms with Gasteiger partial charge in [0.15, 0.2) is 6.61 Å². The second-order valence-electron chi connectivity index (χ2n) is 3.46.